The summed E-state index contributed by atoms with van der Waals surface area (Å²) in [6, 6.07) is 6.55. The Bertz CT molecular complexity index is 488. The first kappa shape index (κ1) is 17.1. The maximum atomic E-state index is 6.22. The van der Waals surface area contributed by atoms with E-state index in [-0.39, 0.29) is 5.41 Å². The number of ether oxygens (including phenoxy) is 2. The van der Waals surface area contributed by atoms with Crippen molar-refractivity contribution in [3.63, 3.8) is 0 Å². The molecule has 1 atom stereocenters. The lowest BCUT2D eigenvalue weighted by molar-refractivity contribution is 0.0898. The molecule has 2 rings (SSSR count). The van der Waals surface area contributed by atoms with Gasteiger partial charge in [-0.25, -0.2) is 0 Å². The van der Waals surface area contributed by atoms with E-state index < -0.39 is 0 Å². The molecule has 124 valence electrons. The van der Waals surface area contributed by atoms with E-state index in [9.17, 15) is 0 Å². The summed E-state index contributed by atoms with van der Waals surface area (Å²) < 4.78 is 11.3. The highest BCUT2D eigenvalue weighted by Crippen LogP contribution is 2.31. The smallest absolute Gasteiger partial charge is 0.161 e. The maximum Gasteiger partial charge on any atom is 0.161 e. The standard InChI is InChI=1S/C18H30N2O2/c1-5-21-15-8-7-14(11-16(15)22-6-2)12-20-10-9-17(19)18(3,4)13-20/h7-8,11,17H,5-6,9-10,12-13,19H2,1-4H3. The Morgan fingerprint density at radius 3 is 2.50 bits per heavy atom. The highest BCUT2D eigenvalue weighted by atomic mass is 16.5. The third kappa shape index (κ3) is 4.14. The molecule has 4 nitrogen and oxygen atoms in total. The lowest BCUT2D eigenvalue weighted by Crippen LogP contribution is -2.52. The van der Waals surface area contributed by atoms with E-state index >= 15 is 0 Å². The van der Waals surface area contributed by atoms with Crippen molar-refractivity contribution < 1.29 is 9.47 Å². The molecule has 1 aromatic rings. The summed E-state index contributed by atoms with van der Waals surface area (Å²) in [7, 11) is 0. The summed E-state index contributed by atoms with van der Waals surface area (Å²) in [5.74, 6) is 1.67. The van der Waals surface area contributed by atoms with Gasteiger partial charge in [0.2, 0.25) is 0 Å². The first-order chi connectivity index (χ1) is 10.5. The van der Waals surface area contributed by atoms with Crippen molar-refractivity contribution in [1.82, 2.24) is 4.90 Å². The first-order valence-corrected chi connectivity index (χ1v) is 8.32. The average molecular weight is 306 g/mol. The molecule has 1 heterocycles. The van der Waals surface area contributed by atoms with Gasteiger partial charge in [-0.3, -0.25) is 4.90 Å². The van der Waals surface area contributed by atoms with Crippen LogP contribution in [0, 0.1) is 5.41 Å². The van der Waals surface area contributed by atoms with Gasteiger partial charge in [-0.1, -0.05) is 19.9 Å². The third-order valence-electron chi connectivity index (χ3n) is 4.41. The number of nitrogens with two attached hydrogens (primary N) is 1. The molecule has 1 saturated heterocycles. The molecule has 0 aromatic heterocycles. The predicted octanol–water partition coefficient (Wildman–Crippen LogP) is 3.04. The molecule has 22 heavy (non-hydrogen) atoms. The second-order valence-corrected chi connectivity index (χ2v) is 6.74. The zero-order valence-corrected chi connectivity index (χ0v) is 14.4. The van der Waals surface area contributed by atoms with E-state index in [0.29, 0.717) is 19.3 Å². The molecular formula is C18H30N2O2. The Morgan fingerprint density at radius 2 is 1.86 bits per heavy atom. The minimum Gasteiger partial charge on any atom is -0.490 e. The molecule has 2 N–H and O–H groups in total. The topological polar surface area (TPSA) is 47.7 Å². The zero-order chi connectivity index (χ0) is 16.2. The Morgan fingerprint density at radius 1 is 1.18 bits per heavy atom. The van der Waals surface area contributed by atoms with Crippen LogP contribution in [0.4, 0.5) is 0 Å². The summed E-state index contributed by atoms with van der Waals surface area (Å²) in [6.07, 6.45) is 1.06. The van der Waals surface area contributed by atoms with Crippen LogP contribution in [0.5, 0.6) is 11.5 Å². The van der Waals surface area contributed by atoms with Crippen molar-refractivity contribution in [2.24, 2.45) is 11.1 Å². The molecular weight excluding hydrogens is 276 g/mol. The number of hydrogen-bond acceptors (Lipinski definition) is 4. The van der Waals surface area contributed by atoms with Crippen LogP contribution >= 0.6 is 0 Å². The van der Waals surface area contributed by atoms with Crippen molar-refractivity contribution in [1.29, 1.82) is 0 Å². The molecule has 0 spiro atoms. The molecule has 1 fully saturated rings. The predicted molar refractivity (Wildman–Crippen MR) is 90.4 cm³/mol. The fraction of sp³-hybridized carbons (Fsp3) is 0.667. The quantitative estimate of drug-likeness (QED) is 0.877. The molecule has 0 saturated carbocycles. The molecule has 1 unspecified atom stereocenters. The van der Waals surface area contributed by atoms with Crippen LogP contribution < -0.4 is 15.2 Å². The van der Waals surface area contributed by atoms with Crippen molar-refractivity contribution in [3.05, 3.63) is 23.8 Å². The summed E-state index contributed by atoms with van der Waals surface area (Å²) >= 11 is 0. The second-order valence-electron chi connectivity index (χ2n) is 6.74. The van der Waals surface area contributed by atoms with Crippen molar-refractivity contribution in [3.8, 4) is 11.5 Å². The minimum absolute atomic E-state index is 0.173. The Balaban J connectivity index is 2.08. The average Bonchev–Trinajstić information content (AvgIpc) is 2.46. The van der Waals surface area contributed by atoms with Gasteiger partial charge in [0, 0.05) is 25.7 Å². The maximum absolute atomic E-state index is 6.22. The number of rotatable bonds is 6. The highest BCUT2D eigenvalue weighted by Gasteiger charge is 2.33. The molecule has 0 bridgehead atoms. The van der Waals surface area contributed by atoms with Gasteiger partial charge in [0.05, 0.1) is 13.2 Å². The molecule has 1 aliphatic rings. The number of likely N-dealkylation sites (tertiary alicyclic amines) is 1. The highest BCUT2D eigenvalue weighted by molar-refractivity contribution is 5.43. The largest absolute Gasteiger partial charge is 0.490 e. The van der Waals surface area contributed by atoms with Gasteiger partial charge >= 0.3 is 0 Å². The third-order valence-corrected chi connectivity index (χ3v) is 4.41. The van der Waals surface area contributed by atoms with Crippen LogP contribution in [-0.4, -0.2) is 37.2 Å². The first-order valence-electron chi connectivity index (χ1n) is 8.32. The van der Waals surface area contributed by atoms with Gasteiger partial charge in [0.15, 0.2) is 11.5 Å². The Hall–Kier alpha value is -1.26. The molecule has 4 heteroatoms. The van der Waals surface area contributed by atoms with E-state index in [0.717, 1.165) is 37.6 Å². The number of piperidine rings is 1. The van der Waals surface area contributed by atoms with Gasteiger partial charge in [-0.15, -0.1) is 0 Å². The van der Waals surface area contributed by atoms with Gasteiger partial charge in [-0.05, 0) is 43.4 Å². The van der Waals surface area contributed by atoms with Crippen LogP contribution in [0.1, 0.15) is 39.7 Å². The molecule has 0 aliphatic carbocycles. The normalized spacial score (nSPS) is 21.6. The molecule has 0 radical (unpaired) electrons. The van der Waals surface area contributed by atoms with Crippen molar-refractivity contribution in [2.45, 2.75) is 46.7 Å². The Labute approximate surface area is 134 Å². The summed E-state index contributed by atoms with van der Waals surface area (Å²) in [5.41, 5.74) is 7.66. The van der Waals surface area contributed by atoms with Gasteiger partial charge in [0.1, 0.15) is 0 Å². The second kappa shape index (κ2) is 7.34. The van der Waals surface area contributed by atoms with E-state index in [1.54, 1.807) is 0 Å². The number of hydrogen-bond donors (Lipinski definition) is 1. The van der Waals surface area contributed by atoms with Crippen LogP contribution in [0.15, 0.2) is 18.2 Å². The van der Waals surface area contributed by atoms with E-state index in [2.05, 4.69) is 30.9 Å². The fourth-order valence-electron chi connectivity index (χ4n) is 3.07. The van der Waals surface area contributed by atoms with Crippen molar-refractivity contribution in [2.75, 3.05) is 26.3 Å². The van der Waals surface area contributed by atoms with E-state index in [4.69, 9.17) is 15.2 Å². The molecule has 1 aliphatic heterocycles. The number of benzene rings is 1. The minimum atomic E-state index is 0.173. The van der Waals surface area contributed by atoms with Crippen molar-refractivity contribution >= 4 is 0 Å². The fourth-order valence-corrected chi connectivity index (χ4v) is 3.07. The lowest BCUT2D eigenvalue weighted by Gasteiger charge is -2.42. The summed E-state index contributed by atoms with van der Waals surface area (Å²) in [6.45, 7) is 12.8. The lowest BCUT2D eigenvalue weighted by atomic mass is 9.79. The Kier molecular flexibility index (Phi) is 5.70. The van der Waals surface area contributed by atoms with Crippen LogP contribution in [0.25, 0.3) is 0 Å². The van der Waals surface area contributed by atoms with Gasteiger partial charge in [0.25, 0.3) is 0 Å². The summed E-state index contributed by atoms with van der Waals surface area (Å²) in [5, 5.41) is 0. The number of nitrogens with zero attached hydrogens (tertiary/aromatic N) is 1. The van der Waals surface area contributed by atoms with Gasteiger partial charge < -0.3 is 15.2 Å². The van der Waals surface area contributed by atoms with E-state index in [1.165, 1.54) is 5.56 Å². The van der Waals surface area contributed by atoms with Crippen LogP contribution in [-0.2, 0) is 6.54 Å². The van der Waals surface area contributed by atoms with Gasteiger partial charge in [-0.2, -0.15) is 0 Å². The van der Waals surface area contributed by atoms with E-state index in [1.807, 2.05) is 19.9 Å². The zero-order valence-electron chi connectivity index (χ0n) is 14.4. The van der Waals surface area contributed by atoms with Crippen LogP contribution in [0.3, 0.4) is 0 Å². The molecule has 0 amide bonds. The monoisotopic (exact) mass is 306 g/mol. The summed E-state index contributed by atoms with van der Waals surface area (Å²) in [4.78, 5) is 2.48. The van der Waals surface area contributed by atoms with Crippen LogP contribution in [0.2, 0.25) is 0 Å². The molecule has 1 aromatic carbocycles. The SMILES string of the molecule is CCOc1ccc(CN2CCC(N)C(C)(C)C2)cc1OCC.